The van der Waals surface area contributed by atoms with Crippen molar-refractivity contribution >= 4 is 15.7 Å². The van der Waals surface area contributed by atoms with E-state index >= 15 is 0 Å². The predicted octanol–water partition coefficient (Wildman–Crippen LogP) is 1.17. The lowest BCUT2D eigenvalue weighted by Gasteiger charge is -2.10. The topological polar surface area (TPSA) is 63.2 Å². The molecule has 0 spiro atoms. The Morgan fingerprint density at radius 2 is 2.00 bits per heavy atom. The van der Waals surface area contributed by atoms with Crippen LogP contribution in [0, 0.1) is 0 Å². The van der Waals surface area contributed by atoms with E-state index in [4.69, 9.17) is 0 Å². The number of hydrogen-bond acceptors (Lipinski definition) is 3. The largest absolute Gasteiger partial charge is 0.348 e. The molecule has 1 atom stereocenters. The zero-order chi connectivity index (χ0) is 13.2. The Balaban J connectivity index is 1.99. The van der Waals surface area contributed by atoms with Gasteiger partial charge < -0.3 is 5.32 Å². The SMILES string of the molecule is CCc1ccc(C(=O)N[C@H]2CCS(=O)(=O)C2)cc1. The smallest absolute Gasteiger partial charge is 0.251 e. The minimum Gasteiger partial charge on any atom is -0.348 e. The van der Waals surface area contributed by atoms with E-state index in [9.17, 15) is 13.2 Å². The molecule has 98 valence electrons. The van der Waals surface area contributed by atoms with E-state index in [0.717, 1.165) is 6.42 Å². The molecular weight excluding hydrogens is 250 g/mol. The monoisotopic (exact) mass is 267 g/mol. The molecule has 1 aliphatic rings. The van der Waals surface area contributed by atoms with Gasteiger partial charge >= 0.3 is 0 Å². The molecule has 1 aromatic rings. The summed E-state index contributed by atoms with van der Waals surface area (Å²) in [6.07, 6.45) is 1.45. The lowest BCUT2D eigenvalue weighted by molar-refractivity contribution is 0.0941. The molecule has 0 saturated carbocycles. The molecule has 2 rings (SSSR count). The summed E-state index contributed by atoms with van der Waals surface area (Å²) in [6.45, 7) is 2.05. The first kappa shape index (κ1) is 13.1. The molecule has 1 aliphatic heterocycles. The van der Waals surface area contributed by atoms with Crippen molar-refractivity contribution in [3.63, 3.8) is 0 Å². The van der Waals surface area contributed by atoms with Crippen LogP contribution in [0.15, 0.2) is 24.3 Å². The Hall–Kier alpha value is -1.36. The van der Waals surface area contributed by atoms with Gasteiger partial charge in [-0.3, -0.25) is 4.79 Å². The predicted molar refractivity (Wildman–Crippen MR) is 70.3 cm³/mol. The van der Waals surface area contributed by atoms with Crippen LogP contribution in [-0.4, -0.2) is 31.9 Å². The van der Waals surface area contributed by atoms with Crippen molar-refractivity contribution in [2.75, 3.05) is 11.5 Å². The van der Waals surface area contributed by atoms with Crippen LogP contribution in [0.4, 0.5) is 0 Å². The lowest BCUT2D eigenvalue weighted by Crippen LogP contribution is -2.35. The van der Waals surface area contributed by atoms with Crippen molar-refractivity contribution in [2.24, 2.45) is 0 Å². The van der Waals surface area contributed by atoms with Crippen LogP contribution in [0.5, 0.6) is 0 Å². The van der Waals surface area contributed by atoms with Crippen molar-refractivity contribution < 1.29 is 13.2 Å². The Morgan fingerprint density at radius 3 is 2.50 bits per heavy atom. The molecule has 1 amide bonds. The van der Waals surface area contributed by atoms with E-state index in [1.807, 2.05) is 12.1 Å². The minimum atomic E-state index is -2.95. The molecule has 18 heavy (non-hydrogen) atoms. The first-order valence-electron chi connectivity index (χ1n) is 6.10. The molecule has 1 aromatic carbocycles. The summed E-state index contributed by atoms with van der Waals surface area (Å²) in [4.78, 5) is 11.9. The summed E-state index contributed by atoms with van der Waals surface area (Å²) < 4.78 is 22.6. The summed E-state index contributed by atoms with van der Waals surface area (Å²) in [6, 6.07) is 7.14. The van der Waals surface area contributed by atoms with Crippen molar-refractivity contribution in [3.05, 3.63) is 35.4 Å². The summed E-state index contributed by atoms with van der Waals surface area (Å²) in [5.41, 5.74) is 1.76. The Kier molecular flexibility index (Phi) is 3.71. The van der Waals surface area contributed by atoms with E-state index in [2.05, 4.69) is 12.2 Å². The van der Waals surface area contributed by atoms with Crippen LogP contribution in [0.3, 0.4) is 0 Å². The fourth-order valence-corrected chi connectivity index (χ4v) is 3.74. The lowest BCUT2D eigenvalue weighted by atomic mass is 10.1. The first-order chi connectivity index (χ1) is 8.50. The number of benzene rings is 1. The van der Waals surface area contributed by atoms with Crippen molar-refractivity contribution in [3.8, 4) is 0 Å². The van der Waals surface area contributed by atoms with Gasteiger partial charge in [-0.1, -0.05) is 19.1 Å². The summed E-state index contributed by atoms with van der Waals surface area (Å²) in [7, 11) is -2.95. The molecule has 1 fully saturated rings. The Labute approximate surface area is 107 Å². The van der Waals surface area contributed by atoms with Gasteiger partial charge in [-0.25, -0.2) is 8.42 Å². The summed E-state index contributed by atoms with van der Waals surface area (Å²) in [5, 5.41) is 2.77. The number of amides is 1. The highest BCUT2D eigenvalue weighted by Crippen LogP contribution is 2.12. The van der Waals surface area contributed by atoms with Gasteiger partial charge in [0.25, 0.3) is 5.91 Å². The van der Waals surface area contributed by atoms with Crippen LogP contribution < -0.4 is 5.32 Å². The molecule has 1 heterocycles. The molecule has 4 nitrogen and oxygen atoms in total. The van der Waals surface area contributed by atoms with Gasteiger partial charge in [0.2, 0.25) is 0 Å². The van der Waals surface area contributed by atoms with Gasteiger partial charge in [0, 0.05) is 11.6 Å². The molecule has 5 heteroatoms. The number of nitrogens with one attached hydrogen (secondary N) is 1. The van der Waals surface area contributed by atoms with Gasteiger partial charge in [-0.05, 0) is 30.5 Å². The fourth-order valence-electron chi connectivity index (χ4n) is 2.07. The summed E-state index contributed by atoms with van der Waals surface area (Å²) >= 11 is 0. The molecule has 0 unspecified atom stereocenters. The van der Waals surface area contributed by atoms with Crippen LogP contribution in [0.1, 0.15) is 29.3 Å². The van der Waals surface area contributed by atoms with Crippen molar-refractivity contribution in [1.29, 1.82) is 0 Å². The zero-order valence-corrected chi connectivity index (χ0v) is 11.2. The third-order valence-corrected chi connectivity index (χ3v) is 4.96. The van der Waals surface area contributed by atoms with E-state index in [1.165, 1.54) is 5.56 Å². The fraction of sp³-hybridized carbons (Fsp3) is 0.462. The third-order valence-electron chi connectivity index (χ3n) is 3.19. The highest BCUT2D eigenvalue weighted by Gasteiger charge is 2.28. The molecule has 0 bridgehead atoms. The van der Waals surface area contributed by atoms with E-state index in [1.54, 1.807) is 12.1 Å². The number of sulfone groups is 1. The van der Waals surface area contributed by atoms with Crippen LogP contribution in [0.25, 0.3) is 0 Å². The number of carbonyl (C=O) groups excluding carboxylic acids is 1. The molecule has 1 N–H and O–H groups in total. The average Bonchev–Trinajstić information content (AvgIpc) is 2.68. The Morgan fingerprint density at radius 1 is 1.33 bits per heavy atom. The highest BCUT2D eigenvalue weighted by atomic mass is 32.2. The van der Waals surface area contributed by atoms with E-state index in [0.29, 0.717) is 12.0 Å². The molecule has 1 saturated heterocycles. The van der Waals surface area contributed by atoms with E-state index < -0.39 is 9.84 Å². The maximum absolute atomic E-state index is 11.9. The van der Waals surface area contributed by atoms with Crippen LogP contribution in [0.2, 0.25) is 0 Å². The molecule has 0 aliphatic carbocycles. The van der Waals surface area contributed by atoms with Crippen molar-refractivity contribution in [2.45, 2.75) is 25.8 Å². The van der Waals surface area contributed by atoms with Crippen LogP contribution >= 0.6 is 0 Å². The highest BCUT2D eigenvalue weighted by molar-refractivity contribution is 7.91. The molecular formula is C13H17NO3S. The number of aryl methyl sites for hydroxylation is 1. The van der Waals surface area contributed by atoms with Crippen LogP contribution in [-0.2, 0) is 16.3 Å². The van der Waals surface area contributed by atoms with Gasteiger partial charge in [-0.2, -0.15) is 0 Å². The summed E-state index contributed by atoms with van der Waals surface area (Å²) in [5.74, 6) is 0.0400. The maximum Gasteiger partial charge on any atom is 0.251 e. The zero-order valence-electron chi connectivity index (χ0n) is 10.3. The number of rotatable bonds is 3. The van der Waals surface area contributed by atoms with Gasteiger partial charge in [0.05, 0.1) is 11.5 Å². The normalized spacial score (nSPS) is 21.7. The van der Waals surface area contributed by atoms with Gasteiger partial charge in [0.1, 0.15) is 0 Å². The second kappa shape index (κ2) is 5.10. The Bertz CT molecular complexity index is 534. The van der Waals surface area contributed by atoms with Gasteiger partial charge in [-0.15, -0.1) is 0 Å². The third kappa shape index (κ3) is 3.10. The first-order valence-corrected chi connectivity index (χ1v) is 7.92. The second-order valence-electron chi connectivity index (χ2n) is 4.62. The number of carbonyl (C=O) groups is 1. The van der Waals surface area contributed by atoms with Gasteiger partial charge in [0.15, 0.2) is 9.84 Å². The second-order valence-corrected chi connectivity index (χ2v) is 6.85. The van der Waals surface area contributed by atoms with Crippen molar-refractivity contribution in [1.82, 2.24) is 5.32 Å². The standard InChI is InChI=1S/C13H17NO3S/c1-2-10-3-5-11(6-4-10)13(15)14-12-7-8-18(16,17)9-12/h3-6,12H,2,7-9H2,1H3,(H,14,15)/t12-/m0/s1. The molecule has 0 aromatic heterocycles. The van der Waals surface area contributed by atoms with E-state index in [-0.39, 0.29) is 23.5 Å². The minimum absolute atomic E-state index is 0.0613. The average molecular weight is 267 g/mol. The maximum atomic E-state index is 11.9. The molecule has 0 radical (unpaired) electrons. The quantitative estimate of drug-likeness (QED) is 0.894. The number of hydrogen-bond donors (Lipinski definition) is 1.